The molecular formula is C20H30N2O3. The molecule has 1 aromatic heterocycles. The van der Waals surface area contributed by atoms with E-state index in [0.717, 1.165) is 30.7 Å². The van der Waals surface area contributed by atoms with Gasteiger partial charge in [0.15, 0.2) is 0 Å². The first-order valence-corrected chi connectivity index (χ1v) is 9.08. The number of allylic oxidation sites excluding steroid dienone is 1. The Morgan fingerprint density at radius 1 is 1.32 bits per heavy atom. The van der Waals surface area contributed by atoms with Crippen LogP contribution < -0.4 is 0 Å². The number of rotatable bonds is 5. The Morgan fingerprint density at radius 3 is 2.52 bits per heavy atom. The predicted octanol–water partition coefficient (Wildman–Crippen LogP) is 4.38. The van der Waals surface area contributed by atoms with Gasteiger partial charge in [-0.25, -0.2) is 9.48 Å². The zero-order valence-electron chi connectivity index (χ0n) is 16.3. The molecule has 0 saturated heterocycles. The fraction of sp³-hybridized carbons (Fsp3) is 0.650. The van der Waals surface area contributed by atoms with E-state index in [0.29, 0.717) is 18.4 Å². The first kappa shape index (κ1) is 19.4. The second-order valence-electron chi connectivity index (χ2n) is 8.14. The lowest BCUT2D eigenvalue weighted by atomic mass is 9.78. The van der Waals surface area contributed by atoms with Crippen molar-refractivity contribution in [2.75, 3.05) is 0 Å². The molecule has 1 atom stereocenters. The van der Waals surface area contributed by atoms with Crippen molar-refractivity contribution in [3.63, 3.8) is 0 Å². The molecule has 0 fully saturated rings. The molecule has 0 saturated carbocycles. The largest absolute Gasteiger partial charge is 0.457 e. The quantitative estimate of drug-likeness (QED) is 0.742. The summed E-state index contributed by atoms with van der Waals surface area (Å²) in [6.45, 7) is 11.4. The number of carbonyl (C=O) groups excluding carboxylic acids is 2. The van der Waals surface area contributed by atoms with Crippen molar-refractivity contribution >= 4 is 11.9 Å². The average molecular weight is 346 g/mol. The predicted molar refractivity (Wildman–Crippen MR) is 97.4 cm³/mol. The Kier molecular flexibility index (Phi) is 5.55. The highest BCUT2D eigenvalue weighted by atomic mass is 16.6. The number of unbranched alkanes of at least 4 members (excludes halogenated alkanes) is 1. The van der Waals surface area contributed by atoms with E-state index >= 15 is 0 Å². The van der Waals surface area contributed by atoms with Gasteiger partial charge in [-0.3, -0.25) is 4.79 Å². The smallest absolute Gasteiger partial charge is 0.334 e. The van der Waals surface area contributed by atoms with Crippen LogP contribution in [0.3, 0.4) is 0 Å². The highest BCUT2D eigenvalue weighted by molar-refractivity contribution is 5.94. The molecule has 5 heteroatoms. The van der Waals surface area contributed by atoms with Gasteiger partial charge in [0.1, 0.15) is 5.60 Å². The van der Waals surface area contributed by atoms with E-state index in [1.165, 1.54) is 4.68 Å². The summed E-state index contributed by atoms with van der Waals surface area (Å²) in [6.07, 6.45) is 5.59. The van der Waals surface area contributed by atoms with Crippen LogP contribution in [0.1, 0.15) is 76.0 Å². The van der Waals surface area contributed by atoms with E-state index < -0.39 is 11.0 Å². The van der Waals surface area contributed by atoms with Crippen LogP contribution in [0, 0.1) is 19.3 Å². The molecule has 1 aliphatic carbocycles. The fourth-order valence-electron chi connectivity index (χ4n) is 3.36. The van der Waals surface area contributed by atoms with Gasteiger partial charge in [-0.05, 0) is 59.9 Å². The number of hydrogen-bond acceptors (Lipinski definition) is 4. The highest BCUT2D eigenvalue weighted by Crippen LogP contribution is 2.44. The Labute approximate surface area is 150 Å². The van der Waals surface area contributed by atoms with Crippen molar-refractivity contribution < 1.29 is 14.3 Å². The second kappa shape index (κ2) is 7.14. The molecule has 1 aromatic rings. The SMILES string of the molecule is CCCC[C@]1(C(=O)n2nc(C)cc2C)CC=C(C(=O)OC(C)(C)C)C1. The molecule has 25 heavy (non-hydrogen) atoms. The summed E-state index contributed by atoms with van der Waals surface area (Å²) in [5.41, 5.74) is 1.15. The average Bonchev–Trinajstić information content (AvgIpc) is 3.07. The molecule has 0 N–H and O–H groups in total. The van der Waals surface area contributed by atoms with Gasteiger partial charge in [0.2, 0.25) is 0 Å². The fourth-order valence-corrected chi connectivity index (χ4v) is 3.36. The molecule has 1 aliphatic rings. The summed E-state index contributed by atoms with van der Waals surface area (Å²) in [7, 11) is 0. The minimum atomic E-state index is -0.592. The molecule has 0 unspecified atom stereocenters. The van der Waals surface area contributed by atoms with Gasteiger partial charge >= 0.3 is 5.97 Å². The van der Waals surface area contributed by atoms with E-state index in [-0.39, 0.29) is 11.9 Å². The number of esters is 1. The van der Waals surface area contributed by atoms with E-state index in [1.807, 2.05) is 46.8 Å². The molecule has 138 valence electrons. The lowest BCUT2D eigenvalue weighted by Crippen LogP contribution is -2.35. The van der Waals surface area contributed by atoms with Crippen molar-refractivity contribution in [1.29, 1.82) is 0 Å². The first-order valence-electron chi connectivity index (χ1n) is 9.08. The van der Waals surface area contributed by atoms with Gasteiger partial charge in [0.25, 0.3) is 5.91 Å². The standard InChI is InChI=1S/C20H30N2O3/c1-7-8-10-20(18(24)22-15(3)12-14(2)21-22)11-9-16(13-20)17(23)25-19(4,5)6/h9,12H,7-8,10-11,13H2,1-6H3/t20-/m0/s1. The normalized spacial score (nSPS) is 20.5. The molecule has 0 spiro atoms. The molecular weight excluding hydrogens is 316 g/mol. The van der Waals surface area contributed by atoms with Gasteiger partial charge in [-0.15, -0.1) is 0 Å². The lowest BCUT2D eigenvalue weighted by Gasteiger charge is -2.28. The Hall–Kier alpha value is -1.91. The van der Waals surface area contributed by atoms with Gasteiger partial charge in [0.05, 0.1) is 11.1 Å². The maximum absolute atomic E-state index is 13.3. The third-order valence-corrected chi connectivity index (χ3v) is 4.59. The zero-order valence-corrected chi connectivity index (χ0v) is 16.3. The first-order chi connectivity index (χ1) is 11.6. The molecule has 0 bridgehead atoms. The topological polar surface area (TPSA) is 61.2 Å². The van der Waals surface area contributed by atoms with E-state index in [4.69, 9.17) is 4.74 Å². The van der Waals surface area contributed by atoms with E-state index in [1.54, 1.807) is 0 Å². The molecule has 5 nitrogen and oxygen atoms in total. The summed E-state index contributed by atoms with van der Waals surface area (Å²) in [5, 5.41) is 4.36. The monoisotopic (exact) mass is 346 g/mol. The number of nitrogens with zero attached hydrogens (tertiary/aromatic N) is 2. The Balaban J connectivity index is 2.25. The van der Waals surface area contributed by atoms with Crippen molar-refractivity contribution in [1.82, 2.24) is 9.78 Å². The number of aromatic nitrogens is 2. The minimum Gasteiger partial charge on any atom is -0.457 e. The summed E-state index contributed by atoms with van der Waals surface area (Å²) >= 11 is 0. The van der Waals surface area contributed by atoms with Crippen LogP contribution in [-0.2, 0) is 9.53 Å². The van der Waals surface area contributed by atoms with Gasteiger partial charge in [-0.2, -0.15) is 5.10 Å². The molecule has 0 radical (unpaired) electrons. The third kappa shape index (κ3) is 4.39. The lowest BCUT2D eigenvalue weighted by molar-refractivity contribution is -0.150. The Bertz CT molecular complexity index is 694. The Morgan fingerprint density at radius 2 is 2.00 bits per heavy atom. The van der Waals surface area contributed by atoms with Crippen molar-refractivity contribution in [3.05, 3.63) is 29.1 Å². The van der Waals surface area contributed by atoms with Crippen LogP contribution >= 0.6 is 0 Å². The van der Waals surface area contributed by atoms with Crippen LogP contribution in [0.4, 0.5) is 0 Å². The van der Waals surface area contributed by atoms with Crippen molar-refractivity contribution in [3.8, 4) is 0 Å². The van der Waals surface area contributed by atoms with Crippen LogP contribution in [0.25, 0.3) is 0 Å². The number of ether oxygens (including phenoxy) is 1. The van der Waals surface area contributed by atoms with E-state index in [9.17, 15) is 9.59 Å². The molecule has 0 aromatic carbocycles. The third-order valence-electron chi connectivity index (χ3n) is 4.59. The number of carbonyl (C=O) groups is 2. The molecule has 0 amide bonds. The summed E-state index contributed by atoms with van der Waals surface area (Å²) < 4.78 is 7.00. The van der Waals surface area contributed by atoms with Gasteiger partial charge in [-0.1, -0.05) is 25.8 Å². The van der Waals surface area contributed by atoms with Crippen molar-refractivity contribution in [2.24, 2.45) is 5.41 Å². The van der Waals surface area contributed by atoms with Gasteiger partial charge < -0.3 is 4.74 Å². The van der Waals surface area contributed by atoms with Crippen LogP contribution in [0.5, 0.6) is 0 Å². The summed E-state index contributed by atoms with van der Waals surface area (Å²) in [6, 6.07) is 1.91. The number of aryl methyl sites for hydroxylation is 2. The summed E-state index contributed by atoms with van der Waals surface area (Å²) in [5.74, 6) is -0.326. The van der Waals surface area contributed by atoms with E-state index in [2.05, 4.69) is 12.0 Å². The zero-order chi connectivity index (χ0) is 18.8. The van der Waals surface area contributed by atoms with Crippen LogP contribution in [0.15, 0.2) is 17.7 Å². The highest BCUT2D eigenvalue weighted by Gasteiger charge is 2.44. The minimum absolute atomic E-state index is 0.0126. The maximum Gasteiger partial charge on any atom is 0.334 e. The second-order valence-corrected chi connectivity index (χ2v) is 8.14. The molecule has 1 heterocycles. The molecule has 2 rings (SSSR count). The maximum atomic E-state index is 13.3. The van der Waals surface area contributed by atoms with Crippen LogP contribution in [-0.4, -0.2) is 27.3 Å². The molecule has 0 aliphatic heterocycles. The summed E-state index contributed by atoms with van der Waals surface area (Å²) in [4.78, 5) is 25.7. The number of hydrogen-bond donors (Lipinski definition) is 0. The van der Waals surface area contributed by atoms with Gasteiger partial charge in [0, 0.05) is 11.3 Å². The van der Waals surface area contributed by atoms with Crippen LogP contribution in [0.2, 0.25) is 0 Å². The van der Waals surface area contributed by atoms with Crippen molar-refractivity contribution in [2.45, 2.75) is 79.2 Å².